The zero-order valence-corrected chi connectivity index (χ0v) is 17.0. The molecule has 1 amide bonds. The monoisotopic (exact) mass is 392 g/mol. The number of benzene rings is 2. The summed E-state index contributed by atoms with van der Waals surface area (Å²) in [7, 11) is 2.11. The quantitative estimate of drug-likeness (QED) is 0.757. The van der Waals surface area contributed by atoms with E-state index in [2.05, 4.69) is 54.4 Å². The summed E-state index contributed by atoms with van der Waals surface area (Å²) in [5, 5.41) is 0. The summed E-state index contributed by atoms with van der Waals surface area (Å²) < 4.78 is 11.2. The number of amides is 1. The molecule has 2 aromatic carbocycles. The van der Waals surface area contributed by atoms with Crippen LogP contribution in [0.25, 0.3) is 5.57 Å². The molecule has 0 aliphatic carbocycles. The lowest BCUT2D eigenvalue weighted by Gasteiger charge is -2.28. The molecule has 0 saturated carbocycles. The van der Waals surface area contributed by atoms with E-state index in [1.807, 2.05) is 17.0 Å². The van der Waals surface area contributed by atoms with Crippen molar-refractivity contribution in [2.75, 3.05) is 46.4 Å². The number of nitrogens with zero attached hydrogens (tertiary/aromatic N) is 2. The second kappa shape index (κ2) is 9.25. The fourth-order valence-electron chi connectivity index (χ4n) is 3.86. The maximum absolute atomic E-state index is 11.9. The van der Waals surface area contributed by atoms with Crippen molar-refractivity contribution in [1.82, 2.24) is 9.80 Å². The van der Waals surface area contributed by atoms with Crippen LogP contribution in [-0.4, -0.2) is 62.1 Å². The molecule has 0 atom stereocenters. The van der Waals surface area contributed by atoms with Gasteiger partial charge in [-0.1, -0.05) is 48.5 Å². The van der Waals surface area contributed by atoms with Crippen molar-refractivity contribution in [2.24, 2.45) is 0 Å². The maximum atomic E-state index is 11.9. The van der Waals surface area contributed by atoms with Crippen LogP contribution in [0.2, 0.25) is 0 Å². The van der Waals surface area contributed by atoms with Gasteiger partial charge in [0.1, 0.15) is 19.0 Å². The Morgan fingerprint density at radius 2 is 1.83 bits per heavy atom. The van der Waals surface area contributed by atoms with E-state index in [0.29, 0.717) is 19.8 Å². The van der Waals surface area contributed by atoms with Crippen molar-refractivity contribution in [3.63, 3.8) is 0 Å². The molecule has 5 heteroatoms. The van der Waals surface area contributed by atoms with Crippen molar-refractivity contribution in [2.45, 2.75) is 13.0 Å². The van der Waals surface area contributed by atoms with Gasteiger partial charge in [-0.2, -0.15) is 0 Å². The minimum absolute atomic E-state index is 0.0958. The van der Waals surface area contributed by atoms with Crippen molar-refractivity contribution < 1.29 is 14.3 Å². The Balaban J connectivity index is 1.43. The number of ether oxygens (including phenoxy) is 2. The molecule has 0 bridgehead atoms. The molecule has 1 fully saturated rings. The highest BCUT2D eigenvalue weighted by Gasteiger charge is 2.19. The van der Waals surface area contributed by atoms with E-state index < -0.39 is 0 Å². The smallest absolute Gasteiger partial charge is 0.248 e. The predicted octanol–water partition coefficient (Wildman–Crippen LogP) is 3.19. The zero-order chi connectivity index (χ0) is 20.1. The number of carbonyl (C=O) groups is 1. The Bertz CT molecular complexity index is 844. The van der Waals surface area contributed by atoms with E-state index in [9.17, 15) is 4.79 Å². The lowest BCUT2D eigenvalue weighted by Crippen LogP contribution is -2.44. The van der Waals surface area contributed by atoms with Gasteiger partial charge >= 0.3 is 0 Å². The number of likely N-dealkylation sites (N-methyl/N-ethyl adjacent to an activating group) is 1. The summed E-state index contributed by atoms with van der Waals surface area (Å²) in [6.45, 7) is 4.72. The Morgan fingerprint density at radius 1 is 1.03 bits per heavy atom. The van der Waals surface area contributed by atoms with E-state index >= 15 is 0 Å². The van der Waals surface area contributed by atoms with Crippen LogP contribution in [0.4, 0.5) is 0 Å². The molecule has 2 aromatic rings. The standard InChI is InChI=1S/C24H28N2O3/c1-25(13-14-26-15-16-28-18-24(26)27)12-6-10-21-20-8-3-2-7-19(20)17-29-23-11-5-4-9-22(21)23/h2-5,7-11H,6,12-18H2,1H3/b21-10-. The number of morpholine rings is 1. The summed E-state index contributed by atoms with van der Waals surface area (Å²) in [6, 6.07) is 16.7. The third kappa shape index (κ3) is 4.69. The molecule has 0 unspecified atom stereocenters. The van der Waals surface area contributed by atoms with Crippen LogP contribution in [0.3, 0.4) is 0 Å². The summed E-state index contributed by atoms with van der Waals surface area (Å²) in [4.78, 5) is 16.0. The van der Waals surface area contributed by atoms with Gasteiger partial charge in [-0.25, -0.2) is 0 Å². The van der Waals surface area contributed by atoms with E-state index in [-0.39, 0.29) is 12.5 Å². The maximum Gasteiger partial charge on any atom is 0.248 e. The fraction of sp³-hybridized carbons (Fsp3) is 0.375. The van der Waals surface area contributed by atoms with Gasteiger partial charge in [0.15, 0.2) is 0 Å². The molecule has 0 N–H and O–H groups in total. The number of para-hydroxylation sites is 1. The molecule has 0 spiro atoms. The third-order valence-corrected chi connectivity index (χ3v) is 5.56. The van der Waals surface area contributed by atoms with Crippen LogP contribution in [0.5, 0.6) is 5.75 Å². The summed E-state index contributed by atoms with van der Waals surface area (Å²) in [6.07, 6.45) is 3.26. The van der Waals surface area contributed by atoms with Crippen LogP contribution < -0.4 is 4.74 Å². The lowest BCUT2D eigenvalue weighted by molar-refractivity contribution is -0.142. The highest BCUT2D eigenvalue weighted by Crippen LogP contribution is 2.36. The van der Waals surface area contributed by atoms with Crippen molar-refractivity contribution in [3.05, 3.63) is 71.3 Å². The molecule has 5 nitrogen and oxygen atoms in total. The first kappa shape index (κ1) is 19.7. The Hall–Kier alpha value is -2.63. The van der Waals surface area contributed by atoms with Gasteiger partial charge in [0.2, 0.25) is 5.91 Å². The summed E-state index contributed by atoms with van der Waals surface area (Å²) in [5.41, 5.74) is 4.86. The lowest BCUT2D eigenvalue weighted by atomic mass is 9.93. The van der Waals surface area contributed by atoms with Crippen molar-refractivity contribution in [3.8, 4) is 5.75 Å². The molecule has 2 aliphatic heterocycles. The van der Waals surface area contributed by atoms with E-state index in [0.717, 1.165) is 37.4 Å². The Morgan fingerprint density at radius 3 is 2.69 bits per heavy atom. The third-order valence-electron chi connectivity index (χ3n) is 5.56. The van der Waals surface area contributed by atoms with Gasteiger partial charge in [0, 0.05) is 31.7 Å². The van der Waals surface area contributed by atoms with Crippen LogP contribution in [0.15, 0.2) is 54.6 Å². The molecule has 1 saturated heterocycles. The molecular formula is C24H28N2O3. The second-order valence-electron chi connectivity index (χ2n) is 7.59. The largest absolute Gasteiger partial charge is 0.488 e. The van der Waals surface area contributed by atoms with E-state index in [4.69, 9.17) is 9.47 Å². The molecule has 0 radical (unpaired) electrons. The average molecular weight is 392 g/mol. The van der Waals surface area contributed by atoms with Crippen LogP contribution in [0, 0.1) is 0 Å². The van der Waals surface area contributed by atoms with Gasteiger partial charge in [0.05, 0.1) is 6.61 Å². The number of carbonyl (C=O) groups excluding carboxylic acids is 1. The number of fused-ring (bicyclic) bond motifs is 2. The molecule has 0 aromatic heterocycles. The minimum atomic E-state index is 0.0958. The average Bonchev–Trinajstić information content (AvgIpc) is 2.91. The van der Waals surface area contributed by atoms with Crippen molar-refractivity contribution >= 4 is 11.5 Å². The van der Waals surface area contributed by atoms with Crippen LogP contribution in [0.1, 0.15) is 23.1 Å². The van der Waals surface area contributed by atoms with E-state index in [1.165, 1.54) is 16.7 Å². The zero-order valence-electron chi connectivity index (χ0n) is 17.0. The van der Waals surface area contributed by atoms with Crippen LogP contribution in [-0.2, 0) is 16.1 Å². The number of rotatable bonds is 6. The Labute approximate surface area is 172 Å². The molecule has 29 heavy (non-hydrogen) atoms. The molecular weight excluding hydrogens is 364 g/mol. The molecule has 2 heterocycles. The van der Waals surface area contributed by atoms with Gasteiger partial charge in [0.25, 0.3) is 0 Å². The first-order valence-electron chi connectivity index (χ1n) is 10.3. The molecule has 152 valence electrons. The normalized spacial score (nSPS) is 17.7. The van der Waals surface area contributed by atoms with Gasteiger partial charge in [-0.3, -0.25) is 4.79 Å². The van der Waals surface area contributed by atoms with E-state index in [1.54, 1.807) is 0 Å². The highest BCUT2D eigenvalue weighted by molar-refractivity contribution is 5.84. The first-order chi connectivity index (χ1) is 14.2. The van der Waals surface area contributed by atoms with Crippen molar-refractivity contribution in [1.29, 1.82) is 0 Å². The molecule has 4 rings (SSSR count). The van der Waals surface area contributed by atoms with Gasteiger partial charge < -0.3 is 19.3 Å². The predicted molar refractivity (Wildman–Crippen MR) is 114 cm³/mol. The SMILES string of the molecule is CN(CC/C=C1/c2ccccc2COc2ccccc21)CCN1CCOCC1=O. The summed E-state index contributed by atoms with van der Waals surface area (Å²) >= 11 is 0. The van der Waals surface area contributed by atoms with Crippen LogP contribution >= 0.6 is 0 Å². The minimum Gasteiger partial charge on any atom is -0.488 e. The van der Waals surface area contributed by atoms with Gasteiger partial charge in [-0.15, -0.1) is 0 Å². The highest BCUT2D eigenvalue weighted by atomic mass is 16.5. The Kier molecular flexibility index (Phi) is 6.27. The number of hydrogen-bond donors (Lipinski definition) is 0. The summed E-state index contributed by atoms with van der Waals surface area (Å²) in [5.74, 6) is 1.03. The molecule has 2 aliphatic rings. The first-order valence-corrected chi connectivity index (χ1v) is 10.3. The fourth-order valence-corrected chi connectivity index (χ4v) is 3.86. The van der Waals surface area contributed by atoms with Gasteiger partial charge in [-0.05, 0) is 36.2 Å². The number of hydrogen-bond acceptors (Lipinski definition) is 4. The second-order valence-corrected chi connectivity index (χ2v) is 7.59. The topological polar surface area (TPSA) is 42.0 Å².